The average molecular weight is 301 g/mol. The predicted octanol–water partition coefficient (Wildman–Crippen LogP) is 2.22. The van der Waals surface area contributed by atoms with Gasteiger partial charge in [0.25, 0.3) is 0 Å². The van der Waals surface area contributed by atoms with Gasteiger partial charge in [-0.1, -0.05) is 18.2 Å². The molecule has 0 heterocycles. The summed E-state index contributed by atoms with van der Waals surface area (Å²) in [6.45, 7) is 7.18. The van der Waals surface area contributed by atoms with E-state index in [1.807, 2.05) is 46.0 Å². The number of aryl methyl sites for hydroxylation is 2. The molecule has 2 N–H and O–H groups in total. The number of amides is 1. The van der Waals surface area contributed by atoms with Crippen molar-refractivity contribution < 1.29 is 9.53 Å². The van der Waals surface area contributed by atoms with Crippen molar-refractivity contribution in [3.8, 4) is 5.75 Å². The first-order chi connectivity index (χ1) is 9.04. The largest absolute Gasteiger partial charge is 0.491 e. The summed E-state index contributed by atoms with van der Waals surface area (Å²) in [5.74, 6) is 0.964. The number of carbonyl (C=O) groups excluding carboxylic acids is 1. The number of carbonyl (C=O) groups is 1. The molecule has 0 bridgehead atoms. The fourth-order valence-electron chi connectivity index (χ4n) is 1.86. The second-order valence-corrected chi connectivity index (χ2v) is 4.85. The van der Waals surface area contributed by atoms with Crippen LogP contribution in [0.25, 0.3) is 0 Å². The first-order valence-electron chi connectivity index (χ1n) is 6.67. The molecular formula is C15H25ClN2O2. The van der Waals surface area contributed by atoms with Gasteiger partial charge in [-0.05, 0) is 38.9 Å². The third kappa shape index (κ3) is 6.26. The molecule has 0 aliphatic rings. The lowest BCUT2D eigenvalue weighted by Crippen LogP contribution is -2.37. The third-order valence-electron chi connectivity index (χ3n) is 2.90. The molecule has 4 nitrogen and oxygen atoms in total. The lowest BCUT2D eigenvalue weighted by Gasteiger charge is -2.17. The Morgan fingerprint density at radius 1 is 1.30 bits per heavy atom. The van der Waals surface area contributed by atoms with E-state index in [0.717, 1.165) is 16.9 Å². The normalized spacial score (nSPS) is 11.4. The van der Waals surface area contributed by atoms with Crippen LogP contribution in [-0.2, 0) is 4.79 Å². The molecule has 1 atom stereocenters. The van der Waals surface area contributed by atoms with Crippen LogP contribution < -0.4 is 15.4 Å². The molecular weight excluding hydrogens is 276 g/mol. The van der Waals surface area contributed by atoms with Crippen LogP contribution in [0.15, 0.2) is 18.2 Å². The van der Waals surface area contributed by atoms with Crippen LogP contribution in [0.5, 0.6) is 5.75 Å². The van der Waals surface area contributed by atoms with Gasteiger partial charge in [-0.25, -0.2) is 0 Å². The second kappa shape index (κ2) is 9.61. The Morgan fingerprint density at radius 3 is 2.45 bits per heavy atom. The molecule has 0 aromatic heterocycles. The molecule has 0 fully saturated rings. The van der Waals surface area contributed by atoms with Crippen molar-refractivity contribution in [3.63, 3.8) is 0 Å². The third-order valence-corrected chi connectivity index (χ3v) is 2.90. The van der Waals surface area contributed by atoms with Crippen LogP contribution >= 0.6 is 12.4 Å². The van der Waals surface area contributed by atoms with E-state index in [1.54, 1.807) is 0 Å². The van der Waals surface area contributed by atoms with Crippen LogP contribution in [0.3, 0.4) is 0 Å². The van der Waals surface area contributed by atoms with Gasteiger partial charge >= 0.3 is 0 Å². The van der Waals surface area contributed by atoms with Crippen LogP contribution in [0.4, 0.5) is 0 Å². The van der Waals surface area contributed by atoms with Gasteiger partial charge in [0.15, 0.2) is 0 Å². The van der Waals surface area contributed by atoms with Crippen molar-refractivity contribution >= 4 is 18.3 Å². The number of rotatable bonds is 7. The molecule has 1 unspecified atom stereocenters. The SMILES string of the molecule is CNCCC(=O)NC(C)COc1c(C)cccc1C.Cl. The Bertz CT molecular complexity index is 404. The average Bonchev–Trinajstić information content (AvgIpc) is 2.35. The van der Waals surface area contributed by atoms with E-state index in [-0.39, 0.29) is 24.4 Å². The van der Waals surface area contributed by atoms with Crippen molar-refractivity contribution in [1.29, 1.82) is 0 Å². The summed E-state index contributed by atoms with van der Waals surface area (Å²) >= 11 is 0. The highest BCUT2D eigenvalue weighted by Gasteiger charge is 2.09. The van der Waals surface area contributed by atoms with E-state index in [9.17, 15) is 4.79 Å². The first-order valence-corrected chi connectivity index (χ1v) is 6.67. The summed E-state index contributed by atoms with van der Waals surface area (Å²) in [5.41, 5.74) is 2.24. The maximum atomic E-state index is 11.6. The Kier molecular flexibility index (Phi) is 9.01. The Hall–Kier alpha value is -1.26. The molecule has 1 amide bonds. The number of para-hydroxylation sites is 1. The van der Waals surface area contributed by atoms with Gasteiger partial charge in [-0.15, -0.1) is 12.4 Å². The topological polar surface area (TPSA) is 50.4 Å². The number of halogens is 1. The highest BCUT2D eigenvalue weighted by atomic mass is 35.5. The number of nitrogens with one attached hydrogen (secondary N) is 2. The summed E-state index contributed by atoms with van der Waals surface area (Å²) in [7, 11) is 1.83. The standard InChI is InChI=1S/C15H24N2O2.ClH/c1-11-6-5-7-12(2)15(11)19-10-13(3)17-14(18)8-9-16-4;/h5-7,13,16H,8-10H2,1-4H3,(H,17,18);1H. The van der Waals surface area contributed by atoms with E-state index in [4.69, 9.17) is 4.74 Å². The monoisotopic (exact) mass is 300 g/mol. The second-order valence-electron chi connectivity index (χ2n) is 4.85. The lowest BCUT2D eigenvalue weighted by molar-refractivity contribution is -0.121. The maximum Gasteiger partial charge on any atom is 0.221 e. The Labute approximate surface area is 127 Å². The maximum absolute atomic E-state index is 11.6. The summed E-state index contributed by atoms with van der Waals surface area (Å²) in [5, 5.41) is 5.87. The molecule has 1 rings (SSSR count). The Morgan fingerprint density at radius 2 is 1.90 bits per heavy atom. The van der Waals surface area contributed by atoms with Gasteiger partial charge in [0.2, 0.25) is 5.91 Å². The van der Waals surface area contributed by atoms with Gasteiger partial charge in [-0.3, -0.25) is 4.79 Å². The van der Waals surface area contributed by atoms with Crippen molar-refractivity contribution in [2.75, 3.05) is 20.2 Å². The fraction of sp³-hybridized carbons (Fsp3) is 0.533. The number of benzene rings is 1. The minimum absolute atomic E-state index is 0. The Balaban J connectivity index is 0.00000361. The molecule has 0 aliphatic heterocycles. The van der Waals surface area contributed by atoms with E-state index >= 15 is 0 Å². The molecule has 0 radical (unpaired) electrons. The van der Waals surface area contributed by atoms with Crippen molar-refractivity contribution in [3.05, 3.63) is 29.3 Å². The smallest absolute Gasteiger partial charge is 0.221 e. The summed E-state index contributed by atoms with van der Waals surface area (Å²) in [6.07, 6.45) is 0.490. The van der Waals surface area contributed by atoms with Crippen LogP contribution in [-0.4, -0.2) is 32.1 Å². The molecule has 5 heteroatoms. The van der Waals surface area contributed by atoms with Gasteiger partial charge in [0.05, 0.1) is 6.04 Å². The van der Waals surface area contributed by atoms with E-state index in [2.05, 4.69) is 10.6 Å². The molecule has 114 valence electrons. The zero-order valence-corrected chi connectivity index (χ0v) is 13.5. The number of hydrogen-bond acceptors (Lipinski definition) is 3. The highest BCUT2D eigenvalue weighted by molar-refractivity contribution is 5.85. The predicted molar refractivity (Wildman–Crippen MR) is 84.8 cm³/mol. The van der Waals surface area contributed by atoms with Gasteiger partial charge in [-0.2, -0.15) is 0 Å². The van der Waals surface area contributed by atoms with E-state index in [1.165, 1.54) is 0 Å². The fourth-order valence-corrected chi connectivity index (χ4v) is 1.86. The van der Waals surface area contributed by atoms with Crippen LogP contribution in [0.1, 0.15) is 24.5 Å². The zero-order chi connectivity index (χ0) is 14.3. The minimum Gasteiger partial charge on any atom is -0.491 e. The van der Waals surface area contributed by atoms with Gasteiger partial charge in [0.1, 0.15) is 12.4 Å². The van der Waals surface area contributed by atoms with Gasteiger partial charge < -0.3 is 15.4 Å². The molecule has 20 heavy (non-hydrogen) atoms. The molecule has 0 saturated heterocycles. The zero-order valence-electron chi connectivity index (χ0n) is 12.7. The molecule has 0 spiro atoms. The van der Waals surface area contributed by atoms with Crippen LogP contribution in [0, 0.1) is 13.8 Å². The highest BCUT2D eigenvalue weighted by Crippen LogP contribution is 2.22. The van der Waals surface area contributed by atoms with Gasteiger partial charge in [0, 0.05) is 13.0 Å². The summed E-state index contributed by atoms with van der Waals surface area (Å²) < 4.78 is 5.80. The number of hydrogen-bond donors (Lipinski definition) is 2. The summed E-state index contributed by atoms with van der Waals surface area (Å²) in [6, 6.07) is 6.07. The number of ether oxygens (including phenoxy) is 1. The minimum atomic E-state index is 0. The molecule has 1 aromatic rings. The molecule has 0 aliphatic carbocycles. The first kappa shape index (κ1) is 18.7. The van der Waals surface area contributed by atoms with Crippen molar-refractivity contribution in [1.82, 2.24) is 10.6 Å². The van der Waals surface area contributed by atoms with E-state index in [0.29, 0.717) is 19.6 Å². The van der Waals surface area contributed by atoms with E-state index < -0.39 is 0 Å². The molecule has 0 saturated carbocycles. The van der Waals surface area contributed by atoms with Crippen LogP contribution in [0.2, 0.25) is 0 Å². The lowest BCUT2D eigenvalue weighted by atomic mass is 10.1. The molecule has 1 aromatic carbocycles. The summed E-state index contributed by atoms with van der Waals surface area (Å²) in [4.78, 5) is 11.6. The quantitative estimate of drug-likeness (QED) is 0.812. The van der Waals surface area contributed by atoms with Crippen molar-refractivity contribution in [2.45, 2.75) is 33.2 Å². The van der Waals surface area contributed by atoms with Crippen molar-refractivity contribution in [2.24, 2.45) is 0 Å².